The number of fused-ring (bicyclic) bond motifs is 1. The summed E-state index contributed by atoms with van der Waals surface area (Å²) in [4.78, 5) is 12.6. The molecule has 0 saturated carbocycles. The molecule has 5 heteroatoms. The van der Waals surface area contributed by atoms with Gasteiger partial charge < -0.3 is 19.0 Å². The van der Waals surface area contributed by atoms with Gasteiger partial charge in [0.1, 0.15) is 36.1 Å². The fourth-order valence-electron chi connectivity index (χ4n) is 2.44. The fourth-order valence-corrected chi connectivity index (χ4v) is 2.44. The zero-order valence-corrected chi connectivity index (χ0v) is 12.2. The van der Waals surface area contributed by atoms with Gasteiger partial charge >= 0.3 is 0 Å². The van der Waals surface area contributed by atoms with E-state index in [2.05, 4.69) is 0 Å². The van der Waals surface area contributed by atoms with Gasteiger partial charge in [-0.05, 0) is 18.2 Å². The summed E-state index contributed by atoms with van der Waals surface area (Å²) >= 11 is 0. The van der Waals surface area contributed by atoms with E-state index >= 15 is 0 Å². The molecule has 4 rings (SSSR count). The molecule has 1 fully saturated rings. The SMILES string of the molecule is O=c1c(-c2ccccc2O)coc2cc(OCC3CO3)ccc12. The predicted octanol–water partition coefficient (Wildman–Crippen LogP) is 2.94. The molecule has 0 bridgehead atoms. The van der Waals surface area contributed by atoms with Crippen LogP contribution in [0.1, 0.15) is 0 Å². The van der Waals surface area contributed by atoms with Crippen LogP contribution in [0.15, 0.2) is 57.9 Å². The summed E-state index contributed by atoms with van der Waals surface area (Å²) in [7, 11) is 0. The molecule has 116 valence electrons. The van der Waals surface area contributed by atoms with Crippen molar-refractivity contribution in [3.05, 3.63) is 59.0 Å². The van der Waals surface area contributed by atoms with Crippen LogP contribution in [0.2, 0.25) is 0 Å². The number of benzene rings is 2. The van der Waals surface area contributed by atoms with Crippen molar-refractivity contribution in [2.75, 3.05) is 13.2 Å². The van der Waals surface area contributed by atoms with E-state index in [0.717, 1.165) is 6.61 Å². The van der Waals surface area contributed by atoms with Gasteiger partial charge in [-0.1, -0.05) is 18.2 Å². The largest absolute Gasteiger partial charge is 0.507 e. The van der Waals surface area contributed by atoms with E-state index in [1.54, 1.807) is 36.4 Å². The van der Waals surface area contributed by atoms with E-state index in [1.165, 1.54) is 12.3 Å². The summed E-state index contributed by atoms with van der Waals surface area (Å²) in [5.41, 5.74) is 1.04. The van der Waals surface area contributed by atoms with Crippen molar-refractivity contribution in [1.29, 1.82) is 0 Å². The van der Waals surface area contributed by atoms with Gasteiger partial charge in [0.25, 0.3) is 0 Å². The molecule has 1 aromatic heterocycles. The van der Waals surface area contributed by atoms with Crippen LogP contribution < -0.4 is 10.2 Å². The van der Waals surface area contributed by atoms with Gasteiger partial charge in [-0.25, -0.2) is 0 Å². The first-order chi connectivity index (χ1) is 11.2. The lowest BCUT2D eigenvalue weighted by Gasteiger charge is -2.07. The molecular weight excluding hydrogens is 296 g/mol. The number of epoxide rings is 1. The molecule has 1 aliphatic heterocycles. The third-order valence-corrected chi connectivity index (χ3v) is 3.78. The van der Waals surface area contributed by atoms with Crippen molar-refractivity contribution in [3.8, 4) is 22.6 Å². The molecule has 3 aromatic rings. The quantitative estimate of drug-likeness (QED) is 0.750. The van der Waals surface area contributed by atoms with Crippen LogP contribution in [-0.4, -0.2) is 24.4 Å². The van der Waals surface area contributed by atoms with Gasteiger partial charge in [0.15, 0.2) is 0 Å². The molecule has 0 aliphatic carbocycles. The topological polar surface area (TPSA) is 72.2 Å². The van der Waals surface area contributed by atoms with E-state index in [-0.39, 0.29) is 17.3 Å². The number of aromatic hydroxyl groups is 1. The molecule has 23 heavy (non-hydrogen) atoms. The Kier molecular flexibility index (Phi) is 3.28. The Morgan fingerprint density at radius 1 is 1.17 bits per heavy atom. The van der Waals surface area contributed by atoms with Crippen molar-refractivity contribution in [2.45, 2.75) is 6.10 Å². The Hall–Kier alpha value is -2.79. The number of phenolic OH excluding ortho intramolecular Hbond substituents is 1. The van der Waals surface area contributed by atoms with Gasteiger partial charge in [0.2, 0.25) is 5.43 Å². The number of para-hydroxylation sites is 1. The molecule has 2 heterocycles. The Balaban J connectivity index is 1.75. The summed E-state index contributed by atoms with van der Waals surface area (Å²) in [5.74, 6) is 0.676. The smallest absolute Gasteiger partial charge is 0.200 e. The van der Waals surface area contributed by atoms with Crippen LogP contribution in [0, 0.1) is 0 Å². The predicted molar refractivity (Wildman–Crippen MR) is 84.8 cm³/mol. The normalized spacial score (nSPS) is 16.4. The Morgan fingerprint density at radius 3 is 2.78 bits per heavy atom. The number of phenols is 1. The van der Waals surface area contributed by atoms with Crippen molar-refractivity contribution >= 4 is 11.0 Å². The number of ether oxygens (including phenoxy) is 2. The van der Waals surface area contributed by atoms with Crippen molar-refractivity contribution < 1.29 is 19.0 Å². The van der Waals surface area contributed by atoms with Gasteiger partial charge in [-0.3, -0.25) is 4.79 Å². The van der Waals surface area contributed by atoms with Crippen molar-refractivity contribution in [2.24, 2.45) is 0 Å². The highest BCUT2D eigenvalue weighted by Gasteiger charge is 2.23. The van der Waals surface area contributed by atoms with E-state index < -0.39 is 0 Å². The molecule has 1 atom stereocenters. The monoisotopic (exact) mass is 310 g/mol. The second-order valence-electron chi connectivity index (χ2n) is 5.42. The van der Waals surface area contributed by atoms with Gasteiger partial charge in [-0.2, -0.15) is 0 Å². The summed E-state index contributed by atoms with van der Waals surface area (Å²) < 4.78 is 16.2. The first-order valence-corrected chi connectivity index (χ1v) is 7.31. The highest BCUT2D eigenvalue weighted by atomic mass is 16.6. The molecule has 0 radical (unpaired) electrons. The van der Waals surface area contributed by atoms with E-state index in [9.17, 15) is 9.90 Å². The highest BCUT2D eigenvalue weighted by molar-refractivity contribution is 5.83. The van der Waals surface area contributed by atoms with E-state index in [0.29, 0.717) is 34.5 Å². The third-order valence-electron chi connectivity index (χ3n) is 3.78. The maximum Gasteiger partial charge on any atom is 0.200 e. The van der Waals surface area contributed by atoms with Crippen LogP contribution in [0.4, 0.5) is 0 Å². The summed E-state index contributed by atoms with van der Waals surface area (Å²) in [5, 5.41) is 10.4. The molecular formula is C18H14O5. The van der Waals surface area contributed by atoms with Crippen LogP contribution in [0.25, 0.3) is 22.1 Å². The molecule has 0 spiro atoms. The van der Waals surface area contributed by atoms with E-state index in [1.807, 2.05) is 0 Å². The van der Waals surface area contributed by atoms with Crippen LogP contribution in [0.3, 0.4) is 0 Å². The average Bonchev–Trinajstić information content (AvgIpc) is 3.39. The fraction of sp³-hybridized carbons (Fsp3) is 0.167. The van der Waals surface area contributed by atoms with Crippen molar-refractivity contribution in [1.82, 2.24) is 0 Å². The second kappa shape index (κ2) is 5.44. The van der Waals surface area contributed by atoms with Gasteiger partial charge in [-0.15, -0.1) is 0 Å². The lowest BCUT2D eigenvalue weighted by molar-refractivity contribution is 0.263. The summed E-state index contributed by atoms with van der Waals surface area (Å²) in [6.45, 7) is 1.22. The zero-order valence-electron chi connectivity index (χ0n) is 12.2. The van der Waals surface area contributed by atoms with Gasteiger partial charge in [0, 0.05) is 11.6 Å². The minimum atomic E-state index is -0.190. The molecule has 2 aromatic carbocycles. The Bertz CT molecular complexity index is 924. The highest BCUT2D eigenvalue weighted by Crippen LogP contribution is 2.28. The van der Waals surface area contributed by atoms with Crippen LogP contribution >= 0.6 is 0 Å². The molecule has 1 unspecified atom stereocenters. The summed E-state index contributed by atoms with van der Waals surface area (Å²) in [6.07, 6.45) is 1.54. The molecule has 1 N–H and O–H groups in total. The summed E-state index contributed by atoms with van der Waals surface area (Å²) in [6, 6.07) is 11.8. The molecule has 1 saturated heterocycles. The number of rotatable bonds is 4. The lowest BCUT2D eigenvalue weighted by Crippen LogP contribution is -2.06. The van der Waals surface area contributed by atoms with Crippen molar-refractivity contribution in [3.63, 3.8) is 0 Å². The molecule has 0 amide bonds. The maximum absolute atomic E-state index is 12.6. The van der Waals surface area contributed by atoms with Crippen LogP contribution in [-0.2, 0) is 4.74 Å². The first kappa shape index (κ1) is 13.8. The molecule has 5 nitrogen and oxygen atoms in total. The molecule has 1 aliphatic rings. The average molecular weight is 310 g/mol. The first-order valence-electron chi connectivity index (χ1n) is 7.31. The number of hydrogen-bond donors (Lipinski definition) is 1. The van der Waals surface area contributed by atoms with Gasteiger partial charge in [0.05, 0.1) is 17.6 Å². The Labute approximate surface area is 131 Å². The maximum atomic E-state index is 12.6. The standard InChI is InChI=1S/C18H14O5/c19-16-4-2-1-3-13(16)15-10-23-17-7-11(21-8-12-9-22-12)5-6-14(17)18(15)20/h1-7,10,12,19H,8-9H2. The lowest BCUT2D eigenvalue weighted by atomic mass is 10.0. The Morgan fingerprint density at radius 2 is 2.00 bits per heavy atom. The number of hydrogen-bond acceptors (Lipinski definition) is 5. The second-order valence-corrected chi connectivity index (χ2v) is 5.42. The zero-order chi connectivity index (χ0) is 15.8. The minimum Gasteiger partial charge on any atom is -0.507 e. The third kappa shape index (κ3) is 2.66. The van der Waals surface area contributed by atoms with Crippen LogP contribution in [0.5, 0.6) is 11.5 Å². The van der Waals surface area contributed by atoms with E-state index in [4.69, 9.17) is 13.9 Å². The minimum absolute atomic E-state index is 0.0449.